The van der Waals surface area contributed by atoms with E-state index in [4.69, 9.17) is 23.7 Å². The molecular formula is C43H52N2O10. The van der Waals surface area contributed by atoms with E-state index in [0.717, 1.165) is 36.0 Å². The van der Waals surface area contributed by atoms with Crippen LogP contribution in [-0.4, -0.2) is 90.0 Å². The quantitative estimate of drug-likeness (QED) is 0.196. The van der Waals surface area contributed by atoms with Crippen LogP contribution >= 0.6 is 0 Å². The van der Waals surface area contributed by atoms with Gasteiger partial charge in [-0.2, -0.15) is 0 Å². The Morgan fingerprint density at radius 2 is 1.73 bits per heavy atom. The zero-order chi connectivity index (χ0) is 38.7. The summed E-state index contributed by atoms with van der Waals surface area (Å²) in [5, 5.41) is 15.3. The number of aliphatic hydroxyl groups excluding tert-OH is 1. The number of aliphatic hydroxyl groups is 1. The fraction of sp³-hybridized carbons (Fsp3) is 0.535. The van der Waals surface area contributed by atoms with Crippen LogP contribution in [0.15, 0.2) is 66.3 Å². The number of nitrogens with one attached hydrogen (secondary N) is 2. The van der Waals surface area contributed by atoms with E-state index in [9.17, 15) is 24.3 Å². The van der Waals surface area contributed by atoms with Crippen LogP contribution in [0, 0.1) is 5.92 Å². The molecule has 0 bridgehead atoms. The smallest absolute Gasteiger partial charge is 0.338 e. The standard InChI is InChI=1S/C43H52N2O10/c1-42(2,3)54-38(48)17-15-32(25-46)45-37(47)18-19-44-40(49)31-21-35(39-36(22-31)53-43(55-39)23-29-6-4-5-7-30(29)24-43)52-41(50)28-13-10-26(11-14-28)8-9-27-12-16-33-34(20-27)51-33/h4-11,13-14,22,27,32-36,39,46H,12,15-21,23-25H2,1-3H3,(H,44,49)(H,45,47)/t27?,32-,33?,34?,35+,36+,39-/m0/s1. The van der Waals surface area contributed by atoms with Crippen molar-refractivity contribution in [3.05, 3.63) is 88.5 Å². The van der Waals surface area contributed by atoms with Crippen molar-refractivity contribution in [2.75, 3.05) is 13.2 Å². The average molecular weight is 757 g/mol. The number of esters is 2. The minimum atomic E-state index is -0.935. The van der Waals surface area contributed by atoms with Crippen LogP contribution in [0.5, 0.6) is 0 Å². The summed E-state index contributed by atoms with van der Waals surface area (Å²) >= 11 is 0. The van der Waals surface area contributed by atoms with Crippen molar-refractivity contribution in [2.45, 2.75) is 127 Å². The van der Waals surface area contributed by atoms with Gasteiger partial charge in [0, 0.05) is 44.2 Å². The first-order valence-electron chi connectivity index (χ1n) is 19.5. The molecule has 3 unspecified atom stereocenters. The number of hydrogen-bond acceptors (Lipinski definition) is 10. The van der Waals surface area contributed by atoms with Gasteiger partial charge in [-0.3, -0.25) is 14.4 Å². The van der Waals surface area contributed by atoms with Crippen molar-refractivity contribution in [2.24, 2.45) is 5.92 Å². The molecule has 2 aromatic rings. The van der Waals surface area contributed by atoms with Gasteiger partial charge in [0.2, 0.25) is 11.8 Å². The van der Waals surface area contributed by atoms with E-state index >= 15 is 0 Å². The highest BCUT2D eigenvalue weighted by Crippen LogP contribution is 2.45. The van der Waals surface area contributed by atoms with Gasteiger partial charge in [-0.15, -0.1) is 0 Å². The first-order chi connectivity index (χ1) is 26.3. The van der Waals surface area contributed by atoms with Gasteiger partial charge in [-0.25, -0.2) is 4.79 Å². The number of rotatable bonds is 13. The molecule has 2 aliphatic heterocycles. The van der Waals surface area contributed by atoms with Crippen LogP contribution in [0.2, 0.25) is 0 Å². The topological polar surface area (TPSA) is 162 Å². The van der Waals surface area contributed by atoms with Crippen molar-refractivity contribution in [1.29, 1.82) is 0 Å². The molecule has 3 fully saturated rings. The third-order valence-corrected chi connectivity index (χ3v) is 10.9. The lowest BCUT2D eigenvalue weighted by molar-refractivity contribution is -0.172. The number of carbonyl (C=O) groups is 4. The van der Waals surface area contributed by atoms with Crippen LogP contribution in [0.25, 0.3) is 6.08 Å². The van der Waals surface area contributed by atoms with Crippen molar-refractivity contribution in [3.63, 3.8) is 0 Å². The lowest BCUT2D eigenvalue weighted by Crippen LogP contribution is -2.44. The first-order valence-corrected chi connectivity index (χ1v) is 19.5. The Hall–Kier alpha value is -4.36. The molecule has 2 aromatic carbocycles. The summed E-state index contributed by atoms with van der Waals surface area (Å²) in [7, 11) is 0. The van der Waals surface area contributed by atoms with Gasteiger partial charge in [0.15, 0.2) is 5.79 Å². The predicted octanol–water partition coefficient (Wildman–Crippen LogP) is 4.51. The molecule has 2 amide bonds. The maximum atomic E-state index is 13.6. The molecule has 3 N–H and O–H groups in total. The number of benzene rings is 2. The van der Waals surface area contributed by atoms with Gasteiger partial charge in [0.1, 0.15) is 23.9 Å². The Kier molecular flexibility index (Phi) is 11.6. The lowest BCUT2D eigenvalue weighted by atomic mass is 9.89. The fourth-order valence-corrected chi connectivity index (χ4v) is 8.05. The molecule has 12 nitrogen and oxygen atoms in total. The normalized spacial score (nSPS) is 26.7. The zero-order valence-corrected chi connectivity index (χ0v) is 31.8. The molecule has 3 aliphatic carbocycles. The molecule has 294 valence electrons. The van der Waals surface area contributed by atoms with Crippen LogP contribution in [0.3, 0.4) is 0 Å². The second kappa shape index (κ2) is 16.4. The number of allylic oxidation sites excluding steroid dienone is 1. The molecule has 7 atom stereocenters. The fourth-order valence-electron chi connectivity index (χ4n) is 8.05. The Balaban J connectivity index is 0.960. The van der Waals surface area contributed by atoms with Crippen molar-refractivity contribution < 1.29 is 48.0 Å². The van der Waals surface area contributed by atoms with Gasteiger partial charge >= 0.3 is 11.9 Å². The van der Waals surface area contributed by atoms with Gasteiger partial charge < -0.3 is 39.4 Å². The molecular weight excluding hydrogens is 704 g/mol. The van der Waals surface area contributed by atoms with Crippen molar-refractivity contribution in [1.82, 2.24) is 10.6 Å². The number of hydrogen-bond donors (Lipinski definition) is 3. The number of ether oxygens (including phenoxy) is 5. The van der Waals surface area contributed by atoms with Crippen molar-refractivity contribution in [3.8, 4) is 0 Å². The SMILES string of the molecule is CC(C)(C)OC(=O)CC[C@@H](CO)NC(=O)CCNC(=O)C1=C[C@H]2OC3(Cc4ccccc4C3)O[C@H]2[C@H](OC(=O)c2ccc(C=CC3CCC4OC4C3)cc2)C1. The molecule has 0 radical (unpaired) electrons. The predicted molar refractivity (Wildman–Crippen MR) is 201 cm³/mol. The highest BCUT2D eigenvalue weighted by atomic mass is 16.8. The summed E-state index contributed by atoms with van der Waals surface area (Å²) in [6.07, 6.45) is 9.56. The van der Waals surface area contributed by atoms with Crippen LogP contribution in [0.4, 0.5) is 0 Å². The summed E-state index contributed by atoms with van der Waals surface area (Å²) in [4.78, 5) is 51.8. The minimum Gasteiger partial charge on any atom is -0.460 e. The maximum Gasteiger partial charge on any atom is 0.338 e. The summed E-state index contributed by atoms with van der Waals surface area (Å²) in [6.45, 7) is 5.00. The summed E-state index contributed by atoms with van der Waals surface area (Å²) < 4.78 is 30.2. The van der Waals surface area contributed by atoms with Crippen LogP contribution in [-0.2, 0) is 50.9 Å². The maximum absolute atomic E-state index is 13.6. The Labute approximate surface area is 322 Å². The average Bonchev–Trinajstić information content (AvgIpc) is 3.70. The highest BCUT2D eigenvalue weighted by molar-refractivity contribution is 5.94. The van der Waals surface area contributed by atoms with Gasteiger partial charge in [0.25, 0.3) is 0 Å². The summed E-state index contributed by atoms with van der Waals surface area (Å²) in [5.74, 6) is -2.17. The molecule has 2 heterocycles. The second-order valence-electron chi connectivity index (χ2n) is 16.4. The van der Waals surface area contributed by atoms with Gasteiger partial charge in [-0.1, -0.05) is 48.6 Å². The number of epoxide rings is 1. The Morgan fingerprint density at radius 1 is 0.982 bits per heavy atom. The minimum absolute atomic E-state index is 0.0256. The Morgan fingerprint density at radius 3 is 2.42 bits per heavy atom. The third-order valence-electron chi connectivity index (χ3n) is 10.9. The van der Waals surface area contributed by atoms with E-state index in [-0.39, 0.29) is 44.7 Å². The Bertz CT molecular complexity index is 1790. The molecule has 1 saturated carbocycles. The number of carbonyl (C=O) groups excluding carboxylic acids is 4. The monoisotopic (exact) mass is 756 g/mol. The molecule has 1 spiro atoms. The third kappa shape index (κ3) is 9.91. The van der Waals surface area contributed by atoms with E-state index in [0.29, 0.717) is 42.1 Å². The van der Waals surface area contributed by atoms with E-state index < -0.39 is 53.6 Å². The second-order valence-corrected chi connectivity index (χ2v) is 16.4. The summed E-state index contributed by atoms with van der Waals surface area (Å²) in [6, 6.07) is 14.7. The van der Waals surface area contributed by atoms with Crippen LogP contribution in [0.1, 0.15) is 92.8 Å². The molecule has 55 heavy (non-hydrogen) atoms. The summed E-state index contributed by atoms with van der Waals surface area (Å²) in [5.41, 5.74) is 3.39. The molecule has 2 saturated heterocycles. The molecule has 7 rings (SSSR count). The van der Waals surface area contributed by atoms with E-state index in [1.54, 1.807) is 39.0 Å². The molecule has 0 aromatic heterocycles. The molecule has 5 aliphatic rings. The highest BCUT2D eigenvalue weighted by Gasteiger charge is 2.55. The zero-order valence-electron chi connectivity index (χ0n) is 31.8. The first kappa shape index (κ1) is 38.9. The van der Waals surface area contributed by atoms with Gasteiger partial charge in [-0.05, 0) is 87.3 Å². The van der Waals surface area contributed by atoms with E-state index in [2.05, 4.69) is 34.9 Å². The van der Waals surface area contributed by atoms with Crippen molar-refractivity contribution >= 4 is 29.8 Å². The van der Waals surface area contributed by atoms with E-state index in [1.807, 2.05) is 24.3 Å². The van der Waals surface area contributed by atoms with Gasteiger partial charge in [0.05, 0.1) is 30.4 Å². The largest absolute Gasteiger partial charge is 0.460 e. The lowest BCUT2D eigenvalue weighted by Gasteiger charge is -2.30. The van der Waals surface area contributed by atoms with Crippen LogP contribution < -0.4 is 10.6 Å². The number of amides is 2. The van der Waals surface area contributed by atoms with E-state index in [1.165, 1.54) is 0 Å². The molecule has 12 heteroatoms. The number of fused-ring (bicyclic) bond motifs is 3.